The van der Waals surface area contributed by atoms with E-state index in [1.807, 2.05) is 0 Å². The van der Waals surface area contributed by atoms with E-state index in [1.165, 1.54) is 17.4 Å². The van der Waals surface area contributed by atoms with Gasteiger partial charge in [0, 0.05) is 13.1 Å². The third-order valence-corrected chi connectivity index (χ3v) is 5.30. The minimum atomic E-state index is -3.75. The van der Waals surface area contributed by atoms with Crippen molar-refractivity contribution in [1.82, 2.24) is 4.31 Å². The number of carboxylic acids is 1. The monoisotopic (exact) mass is 287 g/mol. The fourth-order valence-electron chi connectivity index (χ4n) is 2.36. The summed E-state index contributed by atoms with van der Waals surface area (Å²) in [5, 5.41) is 8.44. The van der Waals surface area contributed by atoms with Crippen LogP contribution in [0.3, 0.4) is 0 Å². The van der Waals surface area contributed by atoms with Crippen LogP contribution in [0.1, 0.15) is 42.7 Å². The lowest BCUT2D eigenvalue weighted by atomic mass is 9.96. The summed E-state index contributed by atoms with van der Waals surface area (Å²) in [4.78, 5) is 10.7. The highest BCUT2D eigenvalue weighted by atomic mass is 32.2. The Bertz CT molecular complexity index is 556. The van der Waals surface area contributed by atoms with Crippen LogP contribution < -0.4 is 0 Å². The van der Waals surface area contributed by atoms with E-state index in [2.05, 4.69) is 0 Å². The number of hydrogen-bond donors (Lipinski definition) is 1. The van der Waals surface area contributed by atoms with Crippen LogP contribution in [0.15, 0.2) is 21.6 Å². The fraction of sp³-hybridized carbons (Fsp3) is 0.583. The van der Waals surface area contributed by atoms with E-state index in [0.717, 1.165) is 38.2 Å². The molecule has 1 aromatic rings. The Kier molecular flexibility index (Phi) is 3.96. The van der Waals surface area contributed by atoms with Crippen molar-refractivity contribution in [2.75, 3.05) is 7.05 Å². The molecular weight excluding hydrogens is 270 g/mol. The van der Waals surface area contributed by atoms with Crippen LogP contribution in [0.5, 0.6) is 0 Å². The Balaban J connectivity index is 2.22. The van der Waals surface area contributed by atoms with Crippen LogP contribution >= 0.6 is 0 Å². The smallest absolute Gasteiger partial charge is 0.371 e. The summed E-state index contributed by atoms with van der Waals surface area (Å²) in [6, 6.07) is 2.32. The zero-order chi connectivity index (χ0) is 14.0. The first-order chi connectivity index (χ1) is 8.93. The molecule has 2 rings (SSSR count). The van der Waals surface area contributed by atoms with E-state index >= 15 is 0 Å². The molecule has 0 amide bonds. The van der Waals surface area contributed by atoms with Crippen molar-refractivity contribution in [1.29, 1.82) is 0 Å². The van der Waals surface area contributed by atoms with Gasteiger partial charge in [-0.05, 0) is 25.0 Å². The maximum Gasteiger partial charge on any atom is 0.371 e. The van der Waals surface area contributed by atoms with Gasteiger partial charge in [0.2, 0.25) is 10.9 Å². The number of furan rings is 1. The third-order valence-electron chi connectivity index (χ3n) is 3.51. The quantitative estimate of drug-likeness (QED) is 0.914. The van der Waals surface area contributed by atoms with Crippen molar-refractivity contribution in [3.63, 3.8) is 0 Å². The number of carbonyl (C=O) groups is 1. The van der Waals surface area contributed by atoms with Gasteiger partial charge in [0.05, 0.1) is 0 Å². The van der Waals surface area contributed by atoms with E-state index in [4.69, 9.17) is 9.52 Å². The van der Waals surface area contributed by atoms with E-state index in [-0.39, 0.29) is 16.9 Å². The highest BCUT2D eigenvalue weighted by molar-refractivity contribution is 7.89. The van der Waals surface area contributed by atoms with Crippen molar-refractivity contribution >= 4 is 16.0 Å². The van der Waals surface area contributed by atoms with Gasteiger partial charge in [-0.3, -0.25) is 0 Å². The topological polar surface area (TPSA) is 87.8 Å². The Morgan fingerprint density at radius 1 is 1.32 bits per heavy atom. The third kappa shape index (κ3) is 2.82. The second-order valence-corrected chi connectivity index (χ2v) is 6.67. The second-order valence-electron chi connectivity index (χ2n) is 4.74. The maximum absolute atomic E-state index is 12.3. The molecule has 0 aromatic carbocycles. The van der Waals surface area contributed by atoms with E-state index in [1.54, 1.807) is 0 Å². The van der Waals surface area contributed by atoms with Crippen LogP contribution in [0.25, 0.3) is 0 Å². The van der Waals surface area contributed by atoms with Crippen molar-refractivity contribution < 1.29 is 22.7 Å². The van der Waals surface area contributed by atoms with Crippen LogP contribution in [-0.4, -0.2) is 36.9 Å². The lowest BCUT2D eigenvalue weighted by Crippen LogP contribution is -2.38. The molecule has 1 aromatic heterocycles. The molecule has 1 N–H and O–H groups in total. The number of hydrogen-bond acceptors (Lipinski definition) is 4. The highest BCUT2D eigenvalue weighted by Crippen LogP contribution is 2.27. The summed E-state index contributed by atoms with van der Waals surface area (Å²) in [7, 11) is -2.23. The minimum absolute atomic E-state index is 0.0304. The van der Waals surface area contributed by atoms with E-state index < -0.39 is 16.0 Å². The SMILES string of the molecule is CN(C1CCCCC1)S(=O)(=O)c1ccc(C(=O)O)o1. The van der Waals surface area contributed by atoms with Gasteiger partial charge in [0.1, 0.15) is 0 Å². The van der Waals surface area contributed by atoms with Crippen LogP contribution in [0.2, 0.25) is 0 Å². The van der Waals surface area contributed by atoms with Gasteiger partial charge in [-0.1, -0.05) is 19.3 Å². The molecule has 19 heavy (non-hydrogen) atoms. The second kappa shape index (κ2) is 5.34. The predicted molar refractivity (Wildman–Crippen MR) is 67.5 cm³/mol. The van der Waals surface area contributed by atoms with Crippen LogP contribution in [0, 0.1) is 0 Å². The van der Waals surface area contributed by atoms with Gasteiger partial charge in [-0.15, -0.1) is 0 Å². The largest absolute Gasteiger partial charge is 0.475 e. The average Bonchev–Trinajstić information content (AvgIpc) is 2.89. The fourth-order valence-corrected chi connectivity index (χ4v) is 3.68. The first-order valence-electron chi connectivity index (χ1n) is 6.24. The molecule has 0 spiro atoms. The first kappa shape index (κ1) is 14.1. The summed E-state index contributed by atoms with van der Waals surface area (Å²) < 4.78 is 30.8. The number of sulfonamides is 1. The Labute approximate surface area is 112 Å². The van der Waals surface area contributed by atoms with Crippen molar-refractivity contribution in [2.24, 2.45) is 0 Å². The summed E-state index contributed by atoms with van der Waals surface area (Å²) in [6.07, 6.45) is 4.84. The summed E-state index contributed by atoms with van der Waals surface area (Å²) >= 11 is 0. The zero-order valence-electron chi connectivity index (χ0n) is 10.7. The van der Waals surface area contributed by atoms with Gasteiger partial charge in [-0.2, -0.15) is 4.31 Å². The summed E-state index contributed by atoms with van der Waals surface area (Å²) in [5.41, 5.74) is 0. The molecule has 0 bridgehead atoms. The average molecular weight is 287 g/mol. The summed E-state index contributed by atoms with van der Waals surface area (Å²) in [5.74, 6) is -1.64. The van der Waals surface area contributed by atoms with Crippen LogP contribution in [0.4, 0.5) is 0 Å². The number of nitrogens with zero attached hydrogens (tertiary/aromatic N) is 1. The molecule has 0 saturated heterocycles. The minimum Gasteiger partial charge on any atom is -0.475 e. The highest BCUT2D eigenvalue weighted by Gasteiger charge is 2.31. The molecule has 0 radical (unpaired) electrons. The molecule has 1 saturated carbocycles. The Morgan fingerprint density at radius 3 is 2.47 bits per heavy atom. The van der Waals surface area contributed by atoms with Gasteiger partial charge in [0.15, 0.2) is 0 Å². The molecular formula is C12H17NO5S. The van der Waals surface area contributed by atoms with Gasteiger partial charge in [-0.25, -0.2) is 13.2 Å². The predicted octanol–water partition coefficient (Wildman–Crippen LogP) is 1.93. The van der Waals surface area contributed by atoms with E-state index in [9.17, 15) is 13.2 Å². The molecule has 1 heterocycles. The maximum atomic E-state index is 12.3. The lowest BCUT2D eigenvalue weighted by molar-refractivity contribution is 0.0656. The molecule has 6 nitrogen and oxygen atoms in total. The van der Waals surface area contributed by atoms with Gasteiger partial charge in [0.25, 0.3) is 10.0 Å². The molecule has 0 unspecified atom stereocenters. The molecule has 0 atom stereocenters. The molecule has 1 fully saturated rings. The Hall–Kier alpha value is -1.34. The standard InChI is InChI=1S/C12H17NO5S/c1-13(9-5-3-2-4-6-9)19(16,17)11-8-7-10(18-11)12(14)15/h7-9H,2-6H2,1H3,(H,14,15). The molecule has 0 aliphatic heterocycles. The van der Waals surface area contributed by atoms with Gasteiger partial charge >= 0.3 is 5.97 Å². The zero-order valence-corrected chi connectivity index (χ0v) is 11.5. The Morgan fingerprint density at radius 2 is 1.95 bits per heavy atom. The van der Waals surface area contributed by atoms with Crippen molar-refractivity contribution in [3.8, 4) is 0 Å². The molecule has 7 heteroatoms. The van der Waals surface area contributed by atoms with Crippen molar-refractivity contribution in [3.05, 3.63) is 17.9 Å². The van der Waals surface area contributed by atoms with E-state index in [0.29, 0.717) is 0 Å². The summed E-state index contributed by atoms with van der Waals surface area (Å²) in [6.45, 7) is 0. The number of aromatic carboxylic acids is 1. The number of carboxylic acid groups (broad SMARTS) is 1. The van der Waals surface area contributed by atoms with Gasteiger partial charge < -0.3 is 9.52 Å². The molecule has 1 aliphatic carbocycles. The normalized spacial score (nSPS) is 17.8. The molecule has 106 valence electrons. The lowest BCUT2D eigenvalue weighted by Gasteiger charge is -2.29. The first-order valence-corrected chi connectivity index (χ1v) is 7.68. The van der Waals surface area contributed by atoms with Crippen molar-refractivity contribution in [2.45, 2.75) is 43.2 Å². The van der Waals surface area contributed by atoms with Crippen LogP contribution in [-0.2, 0) is 10.0 Å². The number of rotatable bonds is 4. The molecule has 1 aliphatic rings.